The monoisotopic (exact) mass is 592 g/mol. The highest BCUT2D eigenvalue weighted by Crippen LogP contribution is 2.53. The number of rotatable bonds is 2. The van der Waals surface area contributed by atoms with Crippen LogP contribution in [0.4, 0.5) is 0 Å². The largest absolute Gasteiger partial charge is 0.133 e. The SMILES string of the molecule is c1ccc(-c2ccc3c(c2)c2ccccc2c2c3sc3c2sc2c4ccc(-c5ccccc5)cc4c4ccccc4c23)cc1. The number of fused-ring (bicyclic) bond motifs is 15. The van der Waals surface area contributed by atoms with E-state index in [0.717, 1.165) is 0 Å². The van der Waals surface area contributed by atoms with E-state index >= 15 is 0 Å². The first kappa shape index (κ1) is 24.4. The molecule has 0 amide bonds. The second kappa shape index (κ2) is 9.24. The molecular formula is C42H24S2. The molecular weight excluding hydrogens is 569 g/mol. The van der Waals surface area contributed by atoms with E-state index in [4.69, 9.17) is 0 Å². The fourth-order valence-electron chi connectivity index (χ4n) is 7.23. The number of hydrogen-bond donors (Lipinski definition) is 0. The Labute approximate surface area is 262 Å². The second-order valence-electron chi connectivity index (χ2n) is 11.6. The van der Waals surface area contributed by atoms with Gasteiger partial charge in [0.25, 0.3) is 0 Å². The maximum atomic E-state index is 2.39. The Balaban J connectivity index is 1.34. The molecule has 0 unspecified atom stereocenters. The van der Waals surface area contributed by atoms with Crippen molar-refractivity contribution < 1.29 is 0 Å². The Morgan fingerprint density at radius 3 is 1.07 bits per heavy atom. The van der Waals surface area contributed by atoms with Gasteiger partial charge in [-0.25, -0.2) is 0 Å². The average molecular weight is 593 g/mol. The van der Waals surface area contributed by atoms with Crippen molar-refractivity contribution in [2.75, 3.05) is 0 Å². The summed E-state index contributed by atoms with van der Waals surface area (Å²) in [5.41, 5.74) is 5.04. The molecule has 0 fully saturated rings. The molecule has 2 heterocycles. The van der Waals surface area contributed by atoms with Crippen LogP contribution < -0.4 is 0 Å². The zero-order valence-corrected chi connectivity index (χ0v) is 25.3. The summed E-state index contributed by atoms with van der Waals surface area (Å²) < 4.78 is 5.61. The van der Waals surface area contributed by atoms with Crippen molar-refractivity contribution in [3.8, 4) is 22.3 Å². The predicted molar refractivity (Wildman–Crippen MR) is 196 cm³/mol. The topological polar surface area (TPSA) is 0 Å². The van der Waals surface area contributed by atoms with Crippen molar-refractivity contribution in [2.45, 2.75) is 0 Å². The first-order valence-corrected chi connectivity index (χ1v) is 16.7. The molecule has 0 saturated carbocycles. The maximum Gasteiger partial charge on any atom is 0.0549 e. The molecule has 0 spiro atoms. The van der Waals surface area contributed by atoms with Crippen LogP contribution in [0.3, 0.4) is 0 Å². The van der Waals surface area contributed by atoms with Gasteiger partial charge in [0.05, 0.1) is 9.40 Å². The Morgan fingerprint density at radius 1 is 0.250 bits per heavy atom. The predicted octanol–water partition coefficient (Wildman–Crippen LogP) is 13.2. The summed E-state index contributed by atoms with van der Waals surface area (Å²) in [5.74, 6) is 0. The summed E-state index contributed by atoms with van der Waals surface area (Å²) in [6.45, 7) is 0. The van der Waals surface area contributed by atoms with E-state index < -0.39 is 0 Å². The second-order valence-corrected chi connectivity index (χ2v) is 13.7. The van der Waals surface area contributed by atoms with Gasteiger partial charge >= 0.3 is 0 Å². The van der Waals surface area contributed by atoms with Gasteiger partial charge in [-0.3, -0.25) is 0 Å². The Bertz CT molecular complexity index is 2550. The van der Waals surface area contributed by atoms with Crippen molar-refractivity contribution in [2.24, 2.45) is 0 Å². The van der Waals surface area contributed by atoms with E-state index in [9.17, 15) is 0 Å². The van der Waals surface area contributed by atoms with Gasteiger partial charge in [-0.2, -0.15) is 0 Å². The van der Waals surface area contributed by atoms with Gasteiger partial charge in [0.1, 0.15) is 0 Å². The lowest BCUT2D eigenvalue weighted by molar-refractivity contribution is 1.65. The van der Waals surface area contributed by atoms with Crippen LogP contribution >= 0.6 is 22.7 Å². The molecule has 2 heteroatoms. The molecule has 10 aromatic rings. The summed E-state index contributed by atoms with van der Waals surface area (Å²) in [6, 6.07) is 53.6. The summed E-state index contributed by atoms with van der Waals surface area (Å²) in [4.78, 5) is 0. The van der Waals surface area contributed by atoms with Gasteiger partial charge in [-0.1, -0.05) is 133 Å². The smallest absolute Gasteiger partial charge is 0.0549 e. The molecule has 44 heavy (non-hydrogen) atoms. The van der Waals surface area contributed by atoms with Gasteiger partial charge in [0.15, 0.2) is 0 Å². The fraction of sp³-hybridized carbons (Fsp3) is 0. The Kier molecular flexibility index (Phi) is 5.13. The summed E-state index contributed by atoms with van der Waals surface area (Å²) in [7, 11) is 0. The van der Waals surface area contributed by atoms with E-state index in [1.807, 2.05) is 22.7 Å². The lowest BCUT2D eigenvalue weighted by atomic mass is 9.94. The van der Waals surface area contributed by atoms with Crippen LogP contribution in [0.15, 0.2) is 146 Å². The van der Waals surface area contributed by atoms with Gasteiger partial charge in [-0.05, 0) is 66.7 Å². The molecule has 0 aliphatic rings. The van der Waals surface area contributed by atoms with Crippen LogP contribution in [0.25, 0.3) is 94.9 Å². The molecule has 2 aromatic heterocycles. The molecule has 0 aliphatic carbocycles. The maximum absolute atomic E-state index is 2.39. The normalized spacial score (nSPS) is 12.1. The molecule has 0 bridgehead atoms. The molecule has 0 N–H and O–H groups in total. The highest BCUT2D eigenvalue weighted by atomic mass is 32.1. The highest BCUT2D eigenvalue weighted by molar-refractivity contribution is 7.37. The van der Waals surface area contributed by atoms with Crippen molar-refractivity contribution in [1.82, 2.24) is 0 Å². The van der Waals surface area contributed by atoms with E-state index in [-0.39, 0.29) is 0 Å². The van der Waals surface area contributed by atoms with Crippen molar-refractivity contribution in [3.63, 3.8) is 0 Å². The van der Waals surface area contributed by atoms with Crippen LogP contribution in [-0.2, 0) is 0 Å². The van der Waals surface area contributed by atoms with Crippen LogP contribution in [0.2, 0.25) is 0 Å². The lowest BCUT2D eigenvalue weighted by Crippen LogP contribution is -1.83. The van der Waals surface area contributed by atoms with Crippen molar-refractivity contribution >= 4 is 95.3 Å². The summed E-state index contributed by atoms with van der Waals surface area (Å²) in [6.07, 6.45) is 0. The van der Waals surface area contributed by atoms with Crippen LogP contribution in [0.1, 0.15) is 0 Å². The van der Waals surface area contributed by atoms with Gasteiger partial charge < -0.3 is 0 Å². The van der Waals surface area contributed by atoms with E-state index in [0.29, 0.717) is 0 Å². The molecule has 0 atom stereocenters. The minimum absolute atomic E-state index is 1.26. The first-order chi connectivity index (χ1) is 21.8. The number of thiophene rings is 2. The molecule has 204 valence electrons. The zero-order chi connectivity index (χ0) is 28.8. The van der Waals surface area contributed by atoms with Crippen LogP contribution in [0.5, 0.6) is 0 Å². The van der Waals surface area contributed by atoms with Gasteiger partial charge in [0, 0.05) is 30.9 Å². The average Bonchev–Trinajstić information content (AvgIpc) is 3.66. The Hall–Kier alpha value is -5.02. The van der Waals surface area contributed by atoms with Gasteiger partial charge in [0.2, 0.25) is 0 Å². The standard InChI is InChI=1S/C42H24S2/c1-3-11-25(12-4-1)27-19-21-33-35(23-27)29-15-7-9-17-31(29)37-39(33)43-42-38-32-18-10-8-16-30(32)36-24-28(26-13-5-2-6-14-26)20-22-34(36)40(38)44-41(37)42/h1-24H. The van der Waals surface area contributed by atoms with Crippen LogP contribution in [0, 0.1) is 0 Å². The molecule has 8 aromatic carbocycles. The van der Waals surface area contributed by atoms with Crippen molar-refractivity contribution in [3.05, 3.63) is 146 Å². The van der Waals surface area contributed by atoms with E-state index in [2.05, 4.69) is 146 Å². The third kappa shape index (κ3) is 3.38. The molecule has 0 nitrogen and oxygen atoms in total. The molecule has 0 aliphatic heterocycles. The fourth-order valence-corrected chi connectivity index (χ4v) is 10.2. The Morgan fingerprint density at radius 2 is 0.636 bits per heavy atom. The third-order valence-corrected chi connectivity index (χ3v) is 11.8. The third-order valence-electron chi connectivity index (χ3n) is 9.24. The molecule has 0 saturated heterocycles. The number of benzene rings is 8. The molecule has 0 radical (unpaired) electrons. The summed E-state index contributed by atoms with van der Waals surface area (Å²) in [5, 5.41) is 13.5. The number of hydrogen-bond acceptors (Lipinski definition) is 2. The minimum atomic E-state index is 1.26. The zero-order valence-electron chi connectivity index (χ0n) is 23.7. The first-order valence-electron chi connectivity index (χ1n) is 15.0. The lowest BCUT2D eigenvalue weighted by Gasteiger charge is -2.10. The quantitative estimate of drug-likeness (QED) is 0.175. The van der Waals surface area contributed by atoms with E-state index in [1.54, 1.807) is 0 Å². The van der Waals surface area contributed by atoms with Crippen molar-refractivity contribution in [1.29, 1.82) is 0 Å². The van der Waals surface area contributed by atoms with Gasteiger partial charge in [-0.15, -0.1) is 22.7 Å². The summed E-state index contributed by atoms with van der Waals surface area (Å²) >= 11 is 3.96. The van der Waals surface area contributed by atoms with E-state index in [1.165, 1.54) is 94.9 Å². The molecule has 10 rings (SSSR count). The highest BCUT2D eigenvalue weighted by Gasteiger charge is 2.21. The minimum Gasteiger partial charge on any atom is -0.133 e. The van der Waals surface area contributed by atoms with Crippen LogP contribution in [-0.4, -0.2) is 0 Å².